The van der Waals surface area contributed by atoms with E-state index < -0.39 is 27.2 Å². The maximum atomic E-state index is 11.6. The average molecular weight is 316 g/mol. The monoisotopic (exact) mass is 316 g/mol. The van der Waals surface area contributed by atoms with Gasteiger partial charge < -0.3 is 4.74 Å². The lowest BCUT2D eigenvalue weighted by molar-refractivity contribution is -0.394. The molecule has 0 aliphatic heterocycles. The Bertz CT molecular complexity index is 773. The van der Waals surface area contributed by atoms with Gasteiger partial charge in [-0.3, -0.25) is 25.0 Å². The summed E-state index contributed by atoms with van der Waals surface area (Å²) in [7, 11) is 0. The van der Waals surface area contributed by atoms with Gasteiger partial charge in [0.2, 0.25) is 5.75 Å². The van der Waals surface area contributed by atoms with Crippen LogP contribution in [0.2, 0.25) is 0 Å². The molecule has 0 aliphatic carbocycles. The van der Waals surface area contributed by atoms with E-state index in [-0.39, 0.29) is 17.7 Å². The molecule has 0 radical (unpaired) electrons. The quantitative estimate of drug-likeness (QED) is 0.361. The summed E-state index contributed by atoms with van der Waals surface area (Å²) in [5, 5.41) is 22.3. The Hall–Kier alpha value is -3.29. The van der Waals surface area contributed by atoms with E-state index in [4.69, 9.17) is 4.74 Å². The topological polar surface area (TPSA) is 113 Å². The predicted molar refractivity (Wildman–Crippen MR) is 81.1 cm³/mol. The molecule has 8 nitrogen and oxygen atoms in total. The maximum Gasteiger partial charge on any atom is 0.319 e. The third kappa shape index (κ3) is 3.49. The lowest BCUT2D eigenvalue weighted by Crippen LogP contribution is -2.09. The molecule has 8 heteroatoms. The third-order valence-corrected chi connectivity index (χ3v) is 3.05. The number of hydrogen-bond donors (Lipinski definition) is 0. The van der Waals surface area contributed by atoms with Crippen molar-refractivity contribution in [2.24, 2.45) is 0 Å². The van der Waals surface area contributed by atoms with Gasteiger partial charge >= 0.3 is 11.7 Å². The summed E-state index contributed by atoms with van der Waals surface area (Å²) in [5.74, 6) is -0.960. The molecule has 2 aromatic carbocycles. The van der Waals surface area contributed by atoms with Gasteiger partial charge in [-0.1, -0.05) is 37.3 Å². The van der Waals surface area contributed by atoms with E-state index in [0.29, 0.717) is 5.56 Å². The lowest BCUT2D eigenvalue weighted by Gasteiger charge is -2.10. The number of carbonyl (C=O) groups is 1. The van der Waals surface area contributed by atoms with Crippen LogP contribution < -0.4 is 4.74 Å². The average Bonchev–Trinajstić information content (AvgIpc) is 2.55. The van der Waals surface area contributed by atoms with Crippen LogP contribution in [0.25, 0.3) is 11.1 Å². The second-order valence-electron chi connectivity index (χ2n) is 4.55. The molecule has 0 fully saturated rings. The van der Waals surface area contributed by atoms with Crippen molar-refractivity contribution in [1.29, 1.82) is 0 Å². The van der Waals surface area contributed by atoms with Gasteiger partial charge in [0, 0.05) is 18.1 Å². The Kier molecular flexibility index (Phi) is 4.65. The molecule has 0 saturated carbocycles. The van der Waals surface area contributed by atoms with Crippen molar-refractivity contribution in [2.75, 3.05) is 0 Å². The van der Waals surface area contributed by atoms with Crippen LogP contribution in [-0.4, -0.2) is 15.8 Å². The molecule has 23 heavy (non-hydrogen) atoms. The van der Waals surface area contributed by atoms with Gasteiger partial charge in [-0.25, -0.2) is 0 Å². The van der Waals surface area contributed by atoms with Crippen molar-refractivity contribution in [1.82, 2.24) is 0 Å². The van der Waals surface area contributed by atoms with E-state index in [2.05, 4.69) is 0 Å². The molecule has 0 atom stereocenters. The van der Waals surface area contributed by atoms with E-state index in [9.17, 15) is 25.0 Å². The standard InChI is InChI=1S/C15H12N2O6/c1-2-14(18)23-15-12(10-6-4-3-5-7-10)8-11(16(19)20)9-13(15)17(21)22/h3-9H,2H2,1H3. The molecule has 118 valence electrons. The number of ether oxygens (including phenoxy) is 1. The Morgan fingerprint density at radius 2 is 1.74 bits per heavy atom. The molecule has 0 N–H and O–H groups in total. The number of nitro benzene ring substituents is 2. The Morgan fingerprint density at radius 1 is 1.09 bits per heavy atom. The van der Waals surface area contributed by atoms with Crippen LogP contribution in [0, 0.1) is 20.2 Å². The first-order chi connectivity index (χ1) is 10.9. The van der Waals surface area contributed by atoms with Crippen molar-refractivity contribution in [3.63, 3.8) is 0 Å². The fourth-order valence-corrected chi connectivity index (χ4v) is 1.97. The number of hydrogen-bond acceptors (Lipinski definition) is 6. The number of carbonyl (C=O) groups excluding carboxylic acids is 1. The fourth-order valence-electron chi connectivity index (χ4n) is 1.97. The highest BCUT2D eigenvalue weighted by molar-refractivity contribution is 5.83. The van der Waals surface area contributed by atoms with E-state index in [1.54, 1.807) is 37.3 Å². The number of nitro groups is 2. The van der Waals surface area contributed by atoms with Gasteiger partial charge in [-0.2, -0.15) is 0 Å². The van der Waals surface area contributed by atoms with Crippen molar-refractivity contribution in [3.05, 3.63) is 62.7 Å². The zero-order valence-electron chi connectivity index (χ0n) is 12.1. The van der Waals surface area contributed by atoms with Crippen LogP contribution in [0.5, 0.6) is 5.75 Å². The van der Waals surface area contributed by atoms with Crippen LogP contribution >= 0.6 is 0 Å². The number of rotatable bonds is 5. The molecular formula is C15H12N2O6. The Morgan fingerprint density at radius 3 is 2.26 bits per heavy atom. The minimum Gasteiger partial charge on any atom is -0.418 e. The smallest absolute Gasteiger partial charge is 0.319 e. The molecule has 0 amide bonds. The van der Waals surface area contributed by atoms with Crippen LogP contribution in [0.3, 0.4) is 0 Å². The first-order valence-electron chi connectivity index (χ1n) is 6.67. The Labute approximate surface area is 130 Å². The van der Waals surface area contributed by atoms with E-state index in [1.165, 1.54) is 0 Å². The zero-order valence-corrected chi connectivity index (χ0v) is 12.1. The minimum absolute atomic E-state index is 0.0162. The van der Waals surface area contributed by atoms with Gasteiger partial charge in [0.1, 0.15) is 0 Å². The second kappa shape index (κ2) is 6.65. The second-order valence-corrected chi connectivity index (χ2v) is 4.55. The molecule has 0 spiro atoms. The third-order valence-electron chi connectivity index (χ3n) is 3.05. The molecule has 2 rings (SSSR count). The molecule has 2 aromatic rings. The summed E-state index contributed by atoms with van der Waals surface area (Å²) in [4.78, 5) is 32.3. The fraction of sp³-hybridized carbons (Fsp3) is 0.133. The van der Waals surface area contributed by atoms with Gasteiger partial charge in [0.15, 0.2) is 0 Å². The van der Waals surface area contributed by atoms with Crippen molar-refractivity contribution in [2.45, 2.75) is 13.3 Å². The summed E-state index contributed by atoms with van der Waals surface area (Å²) in [6.07, 6.45) is 0.0162. The van der Waals surface area contributed by atoms with Crippen LogP contribution in [-0.2, 0) is 4.79 Å². The number of non-ortho nitro benzene ring substituents is 1. The number of nitrogens with zero attached hydrogens (tertiary/aromatic N) is 2. The highest BCUT2D eigenvalue weighted by atomic mass is 16.6. The molecule has 0 aromatic heterocycles. The summed E-state index contributed by atoms with van der Waals surface area (Å²) in [6, 6.07) is 10.2. The normalized spacial score (nSPS) is 10.1. The molecule has 0 aliphatic rings. The molecule has 0 heterocycles. The van der Waals surface area contributed by atoms with E-state index in [0.717, 1.165) is 12.1 Å². The van der Waals surface area contributed by atoms with Crippen LogP contribution in [0.4, 0.5) is 11.4 Å². The summed E-state index contributed by atoms with van der Waals surface area (Å²) in [6.45, 7) is 1.54. The number of esters is 1. The van der Waals surface area contributed by atoms with E-state index in [1.807, 2.05) is 0 Å². The molecular weight excluding hydrogens is 304 g/mol. The maximum absolute atomic E-state index is 11.6. The van der Waals surface area contributed by atoms with Gasteiger partial charge in [-0.15, -0.1) is 0 Å². The van der Waals surface area contributed by atoms with Crippen molar-refractivity contribution >= 4 is 17.3 Å². The van der Waals surface area contributed by atoms with Crippen LogP contribution in [0.1, 0.15) is 13.3 Å². The lowest BCUT2D eigenvalue weighted by atomic mass is 10.0. The SMILES string of the molecule is CCC(=O)Oc1c(-c2ccccc2)cc([N+](=O)[O-])cc1[N+](=O)[O-]. The van der Waals surface area contributed by atoms with Gasteiger partial charge in [0.05, 0.1) is 15.9 Å². The van der Waals surface area contributed by atoms with Crippen molar-refractivity contribution in [3.8, 4) is 16.9 Å². The summed E-state index contributed by atoms with van der Waals surface area (Å²) in [5.41, 5.74) is -0.488. The molecule has 0 unspecified atom stereocenters. The largest absolute Gasteiger partial charge is 0.418 e. The van der Waals surface area contributed by atoms with Crippen molar-refractivity contribution < 1.29 is 19.4 Å². The predicted octanol–water partition coefficient (Wildman–Crippen LogP) is 3.49. The minimum atomic E-state index is -0.808. The highest BCUT2D eigenvalue weighted by Crippen LogP contribution is 2.41. The van der Waals surface area contributed by atoms with Crippen LogP contribution in [0.15, 0.2) is 42.5 Å². The van der Waals surface area contributed by atoms with Gasteiger partial charge in [-0.05, 0) is 5.56 Å². The highest BCUT2D eigenvalue weighted by Gasteiger charge is 2.27. The van der Waals surface area contributed by atoms with Gasteiger partial charge in [0.25, 0.3) is 5.69 Å². The Balaban J connectivity index is 2.76. The molecule has 0 saturated heterocycles. The van der Waals surface area contributed by atoms with E-state index >= 15 is 0 Å². The first-order valence-corrected chi connectivity index (χ1v) is 6.67. The zero-order chi connectivity index (χ0) is 17.0. The number of benzene rings is 2. The molecule has 0 bridgehead atoms. The summed E-state index contributed by atoms with van der Waals surface area (Å²) < 4.78 is 5.07. The summed E-state index contributed by atoms with van der Waals surface area (Å²) >= 11 is 0. The first kappa shape index (κ1) is 16.1.